The molecule has 0 aromatic rings. The van der Waals surface area contributed by atoms with Crippen LogP contribution in [-0.2, 0) is 0 Å². The third-order valence-corrected chi connectivity index (χ3v) is 4.53. The van der Waals surface area contributed by atoms with E-state index in [1.54, 1.807) is 0 Å². The summed E-state index contributed by atoms with van der Waals surface area (Å²) in [5.41, 5.74) is 1.58. The van der Waals surface area contributed by atoms with Gasteiger partial charge in [0.05, 0.1) is 0 Å². The van der Waals surface area contributed by atoms with Gasteiger partial charge in [0.15, 0.2) is 0 Å². The first-order valence-corrected chi connectivity index (χ1v) is 5.08. The number of hydrogen-bond acceptors (Lipinski definition) is 0. The summed E-state index contributed by atoms with van der Waals surface area (Å²) >= 11 is 0. The van der Waals surface area contributed by atoms with Crippen LogP contribution in [0.5, 0.6) is 0 Å². The zero-order chi connectivity index (χ0) is 8.28. The van der Waals surface area contributed by atoms with Crippen LogP contribution in [0.3, 0.4) is 0 Å². The first-order chi connectivity index (χ1) is 5.08. The minimum atomic E-state index is 0.737. The van der Waals surface area contributed by atoms with E-state index < -0.39 is 0 Å². The van der Waals surface area contributed by atoms with Crippen molar-refractivity contribution >= 4 is 0 Å². The van der Waals surface area contributed by atoms with E-state index in [-0.39, 0.29) is 0 Å². The van der Waals surface area contributed by atoms with Crippen LogP contribution in [0.15, 0.2) is 0 Å². The molecular formula is C11H20. The lowest BCUT2D eigenvalue weighted by molar-refractivity contribution is 0.408. The quantitative estimate of drug-likeness (QED) is 0.568. The van der Waals surface area contributed by atoms with Crippen LogP contribution in [0.2, 0.25) is 0 Å². The summed E-state index contributed by atoms with van der Waals surface area (Å²) in [6.07, 6.45) is 4.45. The molecule has 0 heteroatoms. The molecule has 0 saturated heterocycles. The Morgan fingerprint density at radius 3 is 2.00 bits per heavy atom. The van der Waals surface area contributed by atoms with E-state index in [2.05, 4.69) is 27.7 Å². The first kappa shape index (κ1) is 7.64. The second kappa shape index (κ2) is 1.84. The number of rotatable bonds is 2. The molecule has 0 heterocycles. The van der Waals surface area contributed by atoms with Crippen LogP contribution in [0.4, 0.5) is 0 Å². The molecular weight excluding hydrogens is 132 g/mol. The molecule has 2 rings (SSSR count). The summed E-state index contributed by atoms with van der Waals surface area (Å²) in [6.45, 7) is 9.66. The summed E-state index contributed by atoms with van der Waals surface area (Å²) in [6, 6.07) is 0. The fourth-order valence-corrected chi connectivity index (χ4v) is 3.84. The molecule has 2 fully saturated rings. The molecule has 2 saturated carbocycles. The van der Waals surface area contributed by atoms with Crippen molar-refractivity contribution in [3.8, 4) is 0 Å². The molecule has 0 aromatic heterocycles. The summed E-state index contributed by atoms with van der Waals surface area (Å²) < 4.78 is 0. The highest BCUT2D eigenvalue weighted by Crippen LogP contribution is 2.85. The molecule has 2 unspecified atom stereocenters. The van der Waals surface area contributed by atoms with Crippen LogP contribution in [-0.4, -0.2) is 0 Å². The Morgan fingerprint density at radius 1 is 1.36 bits per heavy atom. The molecule has 0 aromatic carbocycles. The maximum Gasteiger partial charge on any atom is -0.0204 e. The zero-order valence-corrected chi connectivity index (χ0v) is 8.28. The smallest absolute Gasteiger partial charge is 0.0204 e. The highest BCUT2D eigenvalue weighted by molar-refractivity contribution is 5.26. The Morgan fingerprint density at radius 2 is 1.91 bits per heavy atom. The standard InChI is InChI=1S/C11H20/c1-5-10(4)9(8(2)3)11(10)6-7-11/h8-9H,5-7H2,1-4H3. The van der Waals surface area contributed by atoms with Gasteiger partial charge in [0.1, 0.15) is 0 Å². The predicted molar refractivity (Wildman–Crippen MR) is 48.4 cm³/mol. The van der Waals surface area contributed by atoms with E-state index in [9.17, 15) is 0 Å². The summed E-state index contributed by atoms with van der Waals surface area (Å²) in [5, 5.41) is 0. The molecule has 2 aliphatic carbocycles. The maximum atomic E-state index is 2.50. The lowest BCUT2D eigenvalue weighted by Crippen LogP contribution is -2.00. The van der Waals surface area contributed by atoms with Crippen molar-refractivity contribution in [2.45, 2.75) is 47.0 Å². The van der Waals surface area contributed by atoms with Crippen molar-refractivity contribution in [1.82, 2.24) is 0 Å². The lowest BCUT2D eigenvalue weighted by atomic mass is 9.96. The average Bonchev–Trinajstić information content (AvgIpc) is 2.76. The van der Waals surface area contributed by atoms with E-state index in [0.717, 1.165) is 22.7 Å². The van der Waals surface area contributed by atoms with E-state index in [0.29, 0.717) is 0 Å². The van der Waals surface area contributed by atoms with Gasteiger partial charge in [-0.2, -0.15) is 0 Å². The summed E-state index contributed by atoms with van der Waals surface area (Å²) in [4.78, 5) is 0. The SMILES string of the molecule is CCC1(C)C(C(C)C)C12CC2. The molecule has 0 radical (unpaired) electrons. The highest BCUT2D eigenvalue weighted by Gasteiger charge is 2.78. The monoisotopic (exact) mass is 152 g/mol. The molecule has 1 spiro atoms. The van der Waals surface area contributed by atoms with Gasteiger partial charge >= 0.3 is 0 Å². The Balaban J connectivity index is 2.15. The van der Waals surface area contributed by atoms with Crippen molar-refractivity contribution < 1.29 is 0 Å². The van der Waals surface area contributed by atoms with E-state index in [4.69, 9.17) is 0 Å². The van der Waals surface area contributed by atoms with Crippen LogP contribution in [0.25, 0.3) is 0 Å². The Labute approximate surface area is 70.4 Å². The second-order valence-electron chi connectivity index (χ2n) is 5.15. The molecule has 0 N–H and O–H groups in total. The van der Waals surface area contributed by atoms with Crippen LogP contribution >= 0.6 is 0 Å². The van der Waals surface area contributed by atoms with Crippen LogP contribution < -0.4 is 0 Å². The molecule has 0 aliphatic heterocycles. The Hall–Kier alpha value is 0. The molecule has 64 valence electrons. The molecule has 0 bridgehead atoms. The van der Waals surface area contributed by atoms with E-state index in [1.165, 1.54) is 19.3 Å². The fourth-order valence-electron chi connectivity index (χ4n) is 3.84. The van der Waals surface area contributed by atoms with Crippen LogP contribution in [0, 0.1) is 22.7 Å². The van der Waals surface area contributed by atoms with Gasteiger partial charge in [0, 0.05) is 0 Å². The predicted octanol–water partition coefficient (Wildman–Crippen LogP) is 3.47. The third-order valence-electron chi connectivity index (χ3n) is 4.53. The molecule has 2 atom stereocenters. The minimum Gasteiger partial charge on any atom is -0.0648 e. The lowest BCUT2D eigenvalue weighted by Gasteiger charge is -2.08. The first-order valence-electron chi connectivity index (χ1n) is 5.08. The fraction of sp³-hybridized carbons (Fsp3) is 1.00. The van der Waals surface area contributed by atoms with Gasteiger partial charge in [-0.15, -0.1) is 0 Å². The summed E-state index contributed by atoms with van der Waals surface area (Å²) in [5.74, 6) is 1.97. The van der Waals surface area contributed by atoms with Crippen molar-refractivity contribution in [3.63, 3.8) is 0 Å². The van der Waals surface area contributed by atoms with Crippen molar-refractivity contribution in [1.29, 1.82) is 0 Å². The maximum absolute atomic E-state index is 2.50. The van der Waals surface area contributed by atoms with E-state index in [1.807, 2.05) is 0 Å². The van der Waals surface area contributed by atoms with Gasteiger partial charge in [-0.1, -0.05) is 27.7 Å². The van der Waals surface area contributed by atoms with Gasteiger partial charge < -0.3 is 0 Å². The second-order valence-corrected chi connectivity index (χ2v) is 5.15. The van der Waals surface area contributed by atoms with Gasteiger partial charge in [-0.25, -0.2) is 0 Å². The molecule has 2 aliphatic rings. The third kappa shape index (κ3) is 0.666. The Kier molecular flexibility index (Phi) is 1.28. The number of hydrogen-bond donors (Lipinski definition) is 0. The van der Waals surface area contributed by atoms with Gasteiger partial charge in [0.25, 0.3) is 0 Å². The zero-order valence-electron chi connectivity index (χ0n) is 8.28. The minimum absolute atomic E-state index is 0.737. The Bertz CT molecular complexity index is 176. The van der Waals surface area contributed by atoms with Crippen molar-refractivity contribution in [3.05, 3.63) is 0 Å². The largest absolute Gasteiger partial charge is 0.0648 e. The molecule has 11 heavy (non-hydrogen) atoms. The normalized spacial score (nSPS) is 45.0. The van der Waals surface area contributed by atoms with Gasteiger partial charge in [-0.3, -0.25) is 0 Å². The van der Waals surface area contributed by atoms with Crippen molar-refractivity contribution in [2.75, 3.05) is 0 Å². The van der Waals surface area contributed by atoms with Crippen LogP contribution in [0.1, 0.15) is 47.0 Å². The average molecular weight is 152 g/mol. The van der Waals surface area contributed by atoms with Crippen molar-refractivity contribution in [2.24, 2.45) is 22.7 Å². The molecule has 0 nitrogen and oxygen atoms in total. The topological polar surface area (TPSA) is 0 Å². The summed E-state index contributed by atoms with van der Waals surface area (Å²) in [7, 11) is 0. The molecule has 0 amide bonds. The van der Waals surface area contributed by atoms with Gasteiger partial charge in [-0.05, 0) is 41.9 Å². The highest BCUT2D eigenvalue weighted by atomic mass is 14.8. The van der Waals surface area contributed by atoms with Gasteiger partial charge in [0.2, 0.25) is 0 Å². The van der Waals surface area contributed by atoms with E-state index >= 15 is 0 Å².